The van der Waals surface area contributed by atoms with E-state index in [1.54, 1.807) is 11.8 Å². The number of anilines is 2. The molecule has 1 amide bonds. The van der Waals surface area contributed by atoms with Crippen LogP contribution >= 0.6 is 0 Å². The minimum Gasteiger partial charge on any atom is -0.496 e. The summed E-state index contributed by atoms with van der Waals surface area (Å²) in [7, 11) is 1.60. The average molecular weight is 390 g/mol. The van der Waals surface area contributed by atoms with Crippen molar-refractivity contribution < 1.29 is 9.53 Å². The second-order valence-electron chi connectivity index (χ2n) is 7.03. The number of aryl methyl sites for hydroxylation is 2. The highest BCUT2D eigenvalue weighted by atomic mass is 16.5. The molecule has 0 radical (unpaired) electrons. The van der Waals surface area contributed by atoms with Gasteiger partial charge in [0, 0.05) is 16.9 Å². The fourth-order valence-corrected chi connectivity index (χ4v) is 3.63. The van der Waals surface area contributed by atoms with Gasteiger partial charge in [0.2, 0.25) is 5.95 Å². The van der Waals surface area contributed by atoms with Crippen molar-refractivity contribution in [3.05, 3.63) is 70.4 Å². The molecule has 8 nitrogen and oxygen atoms in total. The minimum absolute atomic E-state index is 0.223. The van der Waals surface area contributed by atoms with Crippen molar-refractivity contribution in [3.8, 4) is 5.75 Å². The predicted octanol–water partition coefficient (Wildman–Crippen LogP) is 3.23. The molecule has 2 heterocycles. The topological polar surface area (TPSA) is 94.0 Å². The number of para-hydroxylation sites is 1. The molecule has 0 spiro atoms. The van der Waals surface area contributed by atoms with E-state index in [1.807, 2.05) is 63.2 Å². The largest absolute Gasteiger partial charge is 0.496 e. The van der Waals surface area contributed by atoms with E-state index in [4.69, 9.17) is 4.74 Å². The number of hydrogen-bond acceptors (Lipinski definition) is 6. The van der Waals surface area contributed by atoms with Crippen LogP contribution in [-0.4, -0.2) is 33.2 Å². The van der Waals surface area contributed by atoms with Crippen molar-refractivity contribution in [2.45, 2.75) is 26.8 Å². The van der Waals surface area contributed by atoms with Crippen LogP contribution in [0.15, 0.2) is 53.7 Å². The number of nitrogens with one attached hydrogen (secondary N) is 2. The summed E-state index contributed by atoms with van der Waals surface area (Å²) < 4.78 is 7.15. The van der Waals surface area contributed by atoms with Crippen molar-refractivity contribution in [1.82, 2.24) is 20.2 Å². The highest BCUT2D eigenvalue weighted by Gasteiger charge is 2.35. The zero-order valence-corrected chi connectivity index (χ0v) is 16.7. The van der Waals surface area contributed by atoms with Gasteiger partial charge in [-0.05, 0) is 48.9 Å². The lowest BCUT2D eigenvalue weighted by Gasteiger charge is -2.29. The predicted molar refractivity (Wildman–Crippen MR) is 110 cm³/mol. The first-order chi connectivity index (χ1) is 14.0. The van der Waals surface area contributed by atoms with Crippen LogP contribution < -0.4 is 15.4 Å². The van der Waals surface area contributed by atoms with Gasteiger partial charge in [-0.2, -0.15) is 4.68 Å². The molecule has 1 atom stereocenters. The molecule has 148 valence electrons. The van der Waals surface area contributed by atoms with Gasteiger partial charge in [0.15, 0.2) is 0 Å². The second-order valence-corrected chi connectivity index (χ2v) is 7.03. The molecule has 1 aliphatic rings. The van der Waals surface area contributed by atoms with E-state index >= 15 is 0 Å². The number of aromatic nitrogens is 4. The Kier molecular flexibility index (Phi) is 4.75. The lowest BCUT2D eigenvalue weighted by molar-refractivity contribution is -0.113. The Bertz CT molecular complexity index is 1120. The summed E-state index contributed by atoms with van der Waals surface area (Å²) in [6.45, 7) is 5.84. The molecule has 2 aromatic carbocycles. The van der Waals surface area contributed by atoms with E-state index in [-0.39, 0.29) is 5.91 Å². The smallest absolute Gasteiger partial charge is 0.255 e. The van der Waals surface area contributed by atoms with Crippen LogP contribution in [0.25, 0.3) is 0 Å². The van der Waals surface area contributed by atoms with Crippen LogP contribution in [0.1, 0.15) is 29.7 Å². The standard InChI is InChI=1S/C21H22N6O2/c1-12-9-10-16(13(2)11-12)23-20(28)18-14(3)22-21-24-25-26-27(21)19(18)15-7-5-6-8-17(15)29-4/h5-11,19H,1-4H3,(H,23,28)(H,22,24,26)/t19-/m1/s1. The van der Waals surface area contributed by atoms with E-state index in [1.165, 1.54) is 0 Å². The molecule has 4 rings (SSSR count). The van der Waals surface area contributed by atoms with E-state index in [0.29, 0.717) is 23.0 Å². The van der Waals surface area contributed by atoms with Gasteiger partial charge in [0.1, 0.15) is 11.8 Å². The molecular formula is C21H22N6O2. The molecule has 1 aliphatic heterocycles. The third kappa shape index (κ3) is 3.33. The monoisotopic (exact) mass is 390 g/mol. The van der Waals surface area contributed by atoms with Crippen molar-refractivity contribution >= 4 is 17.5 Å². The number of carbonyl (C=O) groups excluding carboxylic acids is 1. The molecule has 8 heteroatoms. The van der Waals surface area contributed by atoms with Crippen LogP contribution in [0.2, 0.25) is 0 Å². The maximum absolute atomic E-state index is 13.4. The van der Waals surface area contributed by atoms with E-state index < -0.39 is 6.04 Å². The highest BCUT2D eigenvalue weighted by Crippen LogP contribution is 2.38. The number of methoxy groups -OCH3 is 1. The number of amides is 1. The van der Waals surface area contributed by atoms with Crippen LogP contribution in [-0.2, 0) is 4.79 Å². The molecule has 29 heavy (non-hydrogen) atoms. The Labute approximate surface area is 168 Å². The quantitative estimate of drug-likeness (QED) is 0.710. The summed E-state index contributed by atoms with van der Waals surface area (Å²) in [5.41, 5.74) is 4.91. The highest BCUT2D eigenvalue weighted by molar-refractivity contribution is 6.06. The lowest BCUT2D eigenvalue weighted by atomic mass is 9.94. The molecule has 0 bridgehead atoms. The third-order valence-corrected chi connectivity index (χ3v) is 5.02. The third-order valence-electron chi connectivity index (χ3n) is 5.02. The van der Waals surface area contributed by atoms with Crippen molar-refractivity contribution in [1.29, 1.82) is 0 Å². The van der Waals surface area contributed by atoms with E-state index in [9.17, 15) is 4.79 Å². The molecule has 2 N–H and O–H groups in total. The Hall–Kier alpha value is -3.68. The van der Waals surface area contributed by atoms with Gasteiger partial charge in [-0.15, -0.1) is 0 Å². The summed E-state index contributed by atoms with van der Waals surface area (Å²) in [5, 5.41) is 18.1. The molecule has 0 unspecified atom stereocenters. The number of tetrazole rings is 1. The SMILES string of the molecule is COc1ccccc1[C@@H]1C(C(=O)Nc2ccc(C)cc2C)=C(C)Nc2nnnn21. The summed E-state index contributed by atoms with van der Waals surface area (Å²) in [4.78, 5) is 13.4. The minimum atomic E-state index is -0.525. The van der Waals surface area contributed by atoms with Gasteiger partial charge in [-0.25, -0.2) is 0 Å². The zero-order chi connectivity index (χ0) is 20.5. The van der Waals surface area contributed by atoms with Crippen LogP contribution in [0, 0.1) is 13.8 Å². The first-order valence-electron chi connectivity index (χ1n) is 9.26. The Morgan fingerprint density at radius 1 is 1.17 bits per heavy atom. The van der Waals surface area contributed by atoms with Gasteiger partial charge in [-0.3, -0.25) is 4.79 Å². The van der Waals surface area contributed by atoms with Gasteiger partial charge >= 0.3 is 0 Å². The molecule has 1 aromatic heterocycles. The van der Waals surface area contributed by atoms with Crippen molar-refractivity contribution in [3.63, 3.8) is 0 Å². The van der Waals surface area contributed by atoms with Gasteiger partial charge in [0.25, 0.3) is 5.91 Å². The molecule has 0 saturated heterocycles. The summed E-state index contributed by atoms with van der Waals surface area (Å²) >= 11 is 0. The summed E-state index contributed by atoms with van der Waals surface area (Å²) in [6, 6.07) is 13.0. The number of allylic oxidation sites excluding steroid dienone is 1. The number of fused-ring (bicyclic) bond motifs is 1. The maximum atomic E-state index is 13.4. The lowest BCUT2D eigenvalue weighted by Crippen LogP contribution is -2.32. The Balaban J connectivity index is 1.80. The number of benzene rings is 2. The van der Waals surface area contributed by atoms with Crippen LogP contribution in [0.3, 0.4) is 0 Å². The Morgan fingerprint density at radius 3 is 2.72 bits per heavy atom. The fourth-order valence-electron chi connectivity index (χ4n) is 3.63. The first-order valence-corrected chi connectivity index (χ1v) is 9.26. The number of hydrogen-bond donors (Lipinski definition) is 2. The summed E-state index contributed by atoms with van der Waals surface area (Å²) in [6.07, 6.45) is 0. The van der Waals surface area contributed by atoms with Gasteiger partial charge < -0.3 is 15.4 Å². The van der Waals surface area contributed by atoms with Crippen LogP contribution in [0.5, 0.6) is 5.75 Å². The molecular weight excluding hydrogens is 368 g/mol. The van der Waals surface area contributed by atoms with Gasteiger partial charge in [0.05, 0.1) is 12.7 Å². The number of nitrogens with zero attached hydrogens (tertiary/aromatic N) is 4. The zero-order valence-electron chi connectivity index (χ0n) is 16.7. The van der Waals surface area contributed by atoms with E-state index in [2.05, 4.69) is 26.2 Å². The average Bonchev–Trinajstić information content (AvgIpc) is 3.17. The van der Waals surface area contributed by atoms with Gasteiger partial charge in [-0.1, -0.05) is 41.0 Å². The van der Waals surface area contributed by atoms with Crippen molar-refractivity contribution in [2.75, 3.05) is 17.7 Å². The van der Waals surface area contributed by atoms with E-state index in [0.717, 1.165) is 22.4 Å². The number of rotatable bonds is 4. The van der Waals surface area contributed by atoms with Crippen LogP contribution in [0.4, 0.5) is 11.6 Å². The number of carbonyl (C=O) groups is 1. The van der Waals surface area contributed by atoms with Crippen molar-refractivity contribution in [2.24, 2.45) is 0 Å². The summed E-state index contributed by atoms with van der Waals surface area (Å²) in [5.74, 6) is 0.908. The molecule has 0 fully saturated rings. The molecule has 0 saturated carbocycles. The maximum Gasteiger partial charge on any atom is 0.255 e. The molecule has 0 aliphatic carbocycles. The first kappa shape index (κ1) is 18.7. The fraction of sp³-hybridized carbons (Fsp3) is 0.238. The molecule has 3 aromatic rings. The number of ether oxygens (including phenoxy) is 1. The Morgan fingerprint density at radius 2 is 1.97 bits per heavy atom. The normalized spacial score (nSPS) is 15.5. The second kappa shape index (κ2) is 7.38.